The van der Waals surface area contributed by atoms with Crippen molar-refractivity contribution in [1.29, 1.82) is 0 Å². The van der Waals surface area contributed by atoms with Crippen LogP contribution < -0.4 is 4.74 Å². The minimum atomic E-state index is -0.543. The molecule has 1 aromatic heterocycles. The molecular weight excluding hydrogens is 327 g/mol. The number of halogens is 1. The largest absolute Gasteiger partial charge is 0.491 e. The molecule has 130 valence electrons. The second-order valence-corrected chi connectivity index (χ2v) is 6.91. The van der Waals surface area contributed by atoms with Crippen LogP contribution in [0.5, 0.6) is 5.75 Å². The Balaban J connectivity index is 1.35. The molecule has 1 N–H and O–H groups in total. The predicted molar refractivity (Wildman–Crippen MR) is 93.9 cm³/mol. The fraction of sp³-hybridized carbons (Fsp3) is 0.444. The van der Waals surface area contributed by atoms with Gasteiger partial charge in [-0.15, -0.1) is 0 Å². The maximum atomic E-state index is 12.8. The molecule has 1 aromatic carbocycles. The molecule has 3 rings (SSSR count). The van der Waals surface area contributed by atoms with Crippen LogP contribution in [0.2, 0.25) is 0 Å². The van der Waals surface area contributed by atoms with Crippen LogP contribution in [0.3, 0.4) is 0 Å². The Kier molecular flexibility index (Phi) is 6.20. The molecule has 4 nitrogen and oxygen atoms in total. The van der Waals surface area contributed by atoms with Crippen molar-refractivity contribution in [3.8, 4) is 5.75 Å². The molecule has 0 bridgehead atoms. The monoisotopic (exact) mass is 350 g/mol. The summed E-state index contributed by atoms with van der Waals surface area (Å²) in [6, 6.07) is 8.03. The van der Waals surface area contributed by atoms with E-state index in [1.165, 1.54) is 17.7 Å². The molecule has 6 heteroatoms. The van der Waals surface area contributed by atoms with E-state index in [1.807, 2.05) is 0 Å². The third-order valence-corrected chi connectivity index (χ3v) is 4.91. The van der Waals surface area contributed by atoms with Crippen molar-refractivity contribution in [2.24, 2.45) is 0 Å². The van der Waals surface area contributed by atoms with Crippen LogP contribution in [0.15, 0.2) is 41.1 Å². The lowest BCUT2D eigenvalue weighted by Gasteiger charge is -2.35. The molecular formula is C18H23FN2O2S. The van der Waals surface area contributed by atoms with E-state index < -0.39 is 6.10 Å². The summed E-state index contributed by atoms with van der Waals surface area (Å²) in [5.74, 6) is 0.291. The average Bonchev–Trinajstić information content (AvgIpc) is 3.09. The maximum Gasteiger partial charge on any atom is 0.123 e. The first-order valence-corrected chi connectivity index (χ1v) is 9.15. The molecule has 1 fully saturated rings. The number of hydrogen-bond donors (Lipinski definition) is 1. The van der Waals surface area contributed by atoms with Gasteiger partial charge in [0, 0.05) is 39.3 Å². The SMILES string of the molecule is O[C@@H](COc1ccc(F)cc1)CN1CCN(Cc2ccsc2)CC1. The van der Waals surface area contributed by atoms with E-state index in [0.29, 0.717) is 12.3 Å². The first kappa shape index (κ1) is 17.4. The average molecular weight is 350 g/mol. The number of benzene rings is 1. The topological polar surface area (TPSA) is 35.9 Å². The lowest BCUT2D eigenvalue weighted by atomic mass is 10.2. The fourth-order valence-corrected chi connectivity index (χ4v) is 3.50. The number of aliphatic hydroxyl groups is 1. The number of ether oxygens (including phenoxy) is 1. The quantitative estimate of drug-likeness (QED) is 0.832. The van der Waals surface area contributed by atoms with Crippen molar-refractivity contribution in [3.63, 3.8) is 0 Å². The van der Waals surface area contributed by atoms with Crippen LogP contribution in [0.25, 0.3) is 0 Å². The second-order valence-electron chi connectivity index (χ2n) is 6.13. The van der Waals surface area contributed by atoms with Gasteiger partial charge in [0.2, 0.25) is 0 Å². The Hall–Kier alpha value is -1.47. The Morgan fingerprint density at radius 1 is 1.08 bits per heavy atom. The summed E-state index contributed by atoms with van der Waals surface area (Å²) >= 11 is 1.74. The first-order chi connectivity index (χ1) is 11.7. The standard InChI is InChI=1S/C18H23FN2O2S/c19-16-1-3-18(4-2-16)23-13-17(22)12-21-8-6-20(7-9-21)11-15-5-10-24-14-15/h1-5,10,14,17,22H,6-9,11-13H2/t17-/m1/s1. The third kappa shape index (κ3) is 5.27. The number of thiophene rings is 1. The van der Waals surface area contributed by atoms with Crippen LogP contribution in [-0.4, -0.2) is 60.3 Å². The molecule has 1 aliphatic heterocycles. The van der Waals surface area contributed by atoms with Crippen molar-refractivity contribution in [2.45, 2.75) is 12.6 Å². The van der Waals surface area contributed by atoms with E-state index >= 15 is 0 Å². The van der Waals surface area contributed by atoms with E-state index in [4.69, 9.17) is 4.74 Å². The van der Waals surface area contributed by atoms with Crippen molar-refractivity contribution >= 4 is 11.3 Å². The van der Waals surface area contributed by atoms with Gasteiger partial charge in [0.15, 0.2) is 0 Å². The summed E-state index contributed by atoms with van der Waals surface area (Å²) in [6.45, 7) is 5.78. The predicted octanol–water partition coefficient (Wildman–Crippen LogP) is 2.44. The molecule has 1 saturated heterocycles. The Labute approximate surface area is 146 Å². The Morgan fingerprint density at radius 3 is 2.46 bits per heavy atom. The minimum Gasteiger partial charge on any atom is -0.491 e. The fourth-order valence-electron chi connectivity index (χ4n) is 2.84. The normalized spacial score (nSPS) is 17.8. The molecule has 24 heavy (non-hydrogen) atoms. The lowest BCUT2D eigenvalue weighted by molar-refractivity contribution is 0.0446. The molecule has 0 unspecified atom stereocenters. The van der Waals surface area contributed by atoms with Gasteiger partial charge in [0.1, 0.15) is 24.3 Å². The Bertz CT molecular complexity index is 598. The number of hydrogen-bond acceptors (Lipinski definition) is 5. The molecule has 0 spiro atoms. The number of aliphatic hydroxyl groups excluding tert-OH is 1. The van der Waals surface area contributed by atoms with Crippen molar-refractivity contribution in [3.05, 3.63) is 52.5 Å². The molecule has 0 radical (unpaired) electrons. The van der Waals surface area contributed by atoms with Gasteiger partial charge in [-0.25, -0.2) is 4.39 Å². The van der Waals surface area contributed by atoms with Crippen molar-refractivity contribution < 1.29 is 14.2 Å². The summed E-state index contributed by atoms with van der Waals surface area (Å²) in [5.41, 5.74) is 1.38. The van der Waals surface area contributed by atoms with Gasteiger partial charge in [-0.1, -0.05) is 0 Å². The van der Waals surface area contributed by atoms with E-state index in [2.05, 4.69) is 26.6 Å². The zero-order valence-corrected chi connectivity index (χ0v) is 14.4. The molecule has 1 atom stereocenters. The van der Waals surface area contributed by atoms with Crippen LogP contribution in [0.4, 0.5) is 4.39 Å². The summed E-state index contributed by atoms with van der Waals surface area (Å²) in [6.07, 6.45) is -0.543. The highest BCUT2D eigenvalue weighted by molar-refractivity contribution is 7.07. The van der Waals surface area contributed by atoms with Gasteiger partial charge in [-0.3, -0.25) is 9.80 Å². The van der Waals surface area contributed by atoms with Crippen LogP contribution in [0, 0.1) is 5.82 Å². The minimum absolute atomic E-state index is 0.223. The van der Waals surface area contributed by atoms with Crippen LogP contribution >= 0.6 is 11.3 Å². The highest BCUT2D eigenvalue weighted by Crippen LogP contribution is 2.13. The van der Waals surface area contributed by atoms with Crippen LogP contribution in [-0.2, 0) is 6.54 Å². The molecule has 0 aliphatic carbocycles. The van der Waals surface area contributed by atoms with E-state index in [9.17, 15) is 9.50 Å². The zero-order chi connectivity index (χ0) is 16.8. The van der Waals surface area contributed by atoms with Gasteiger partial charge in [0.05, 0.1) is 0 Å². The maximum absolute atomic E-state index is 12.8. The first-order valence-electron chi connectivity index (χ1n) is 8.21. The smallest absolute Gasteiger partial charge is 0.123 e. The lowest BCUT2D eigenvalue weighted by Crippen LogP contribution is -2.48. The number of β-amino-alcohol motifs (C(OH)–C–C–N with tert-alkyl or cyclic N) is 1. The highest BCUT2D eigenvalue weighted by Gasteiger charge is 2.19. The van der Waals surface area contributed by atoms with Gasteiger partial charge in [-0.05, 0) is 46.7 Å². The van der Waals surface area contributed by atoms with Crippen molar-refractivity contribution in [1.82, 2.24) is 9.80 Å². The second kappa shape index (κ2) is 8.58. The van der Waals surface area contributed by atoms with Gasteiger partial charge in [0.25, 0.3) is 0 Å². The van der Waals surface area contributed by atoms with Crippen LogP contribution in [0.1, 0.15) is 5.56 Å². The van der Waals surface area contributed by atoms with Gasteiger partial charge < -0.3 is 9.84 Å². The van der Waals surface area contributed by atoms with Gasteiger partial charge >= 0.3 is 0 Å². The van der Waals surface area contributed by atoms with E-state index in [0.717, 1.165) is 32.7 Å². The van der Waals surface area contributed by atoms with Gasteiger partial charge in [-0.2, -0.15) is 11.3 Å². The molecule has 1 aliphatic rings. The Morgan fingerprint density at radius 2 is 1.79 bits per heavy atom. The van der Waals surface area contributed by atoms with Crippen molar-refractivity contribution in [2.75, 3.05) is 39.3 Å². The number of piperazine rings is 1. The number of rotatable bonds is 7. The van der Waals surface area contributed by atoms with E-state index in [1.54, 1.807) is 23.5 Å². The third-order valence-electron chi connectivity index (χ3n) is 4.18. The highest BCUT2D eigenvalue weighted by atomic mass is 32.1. The molecule has 2 aromatic rings. The summed E-state index contributed by atoms with van der Waals surface area (Å²) in [7, 11) is 0. The summed E-state index contributed by atoms with van der Waals surface area (Å²) < 4.78 is 18.3. The number of nitrogens with zero attached hydrogens (tertiary/aromatic N) is 2. The van der Waals surface area contributed by atoms with E-state index in [-0.39, 0.29) is 12.4 Å². The zero-order valence-electron chi connectivity index (χ0n) is 13.6. The summed E-state index contributed by atoms with van der Waals surface area (Å²) in [5, 5.41) is 14.4. The molecule has 2 heterocycles. The molecule has 0 amide bonds. The summed E-state index contributed by atoms with van der Waals surface area (Å²) in [4.78, 5) is 4.71. The molecule has 0 saturated carbocycles.